The lowest BCUT2D eigenvalue weighted by molar-refractivity contribution is -0.161. The number of allylic oxidation sites excluding steroid dienone is 22. The van der Waals surface area contributed by atoms with Crippen molar-refractivity contribution in [2.24, 2.45) is 0 Å². The molecule has 1 N–H and O–H groups in total. The molecule has 0 spiro atoms. The summed E-state index contributed by atoms with van der Waals surface area (Å²) in [7, 11) is 0. The van der Waals surface area contributed by atoms with E-state index >= 15 is 0 Å². The predicted molar refractivity (Wildman–Crippen MR) is 324 cm³/mol. The molecule has 1 atom stereocenters. The zero-order valence-corrected chi connectivity index (χ0v) is 48.1. The molecular weight excluding hydrogens is 909 g/mol. The second-order valence-electron chi connectivity index (χ2n) is 20.0. The third-order valence-corrected chi connectivity index (χ3v) is 12.9. The summed E-state index contributed by atoms with van der Waals surface area (Å²) in [6.07, 6.45) is 94.4. The fourth-order valence-corrected chi connectivity index (χ4v) is 8.34. The predicted octanol–water partition coefficient (Wildman–Crippen LogP) is 21.2. The highest BCUT2D eigenvalue weighted by molar-refractivity contribution is 5.70. The first-order valence-electron chi connectivity index (χ1n) is 30.7. The SMILES string of the molecule is CC/C=C\C/C=C\C/C=C\C/C=C\C/C=C\C/C=C\C/C=C\C/C=C\C/C=C\C/C=C\CCCCC(=O)OC(CO)COC(=O)CCCCCCCCCCCCCCCCC/C=C\CCCCCCCCCC. The van der Waals surface area contributed by atoms with Gasteiger partial charge in [-0.15, -0.1) is 0 Å². The maximum atomic E-state index is 12.3. The lowest BCUT2D eigenvalue weighted by Gasteiger charge is -2.15. The molecule has 74 heavy (non-hydrogen) atoms. The molecule has 0 aromatic carbocycles. The third kappa shape index (κ3) is 60.6. The van der Waals surface area contributed by atoms with Gasteiger partial charge >= 0.3 is 11.9 Å². The summed E-state index contributed by atoms with van der Waals surface area (Å²) in [6, 6.07) is 0. The molecule has 0 bridgehead atoms. The van der Waals surface area contributed by atoms with Gasteiger partial charge in [0.25, 0.3) is 0 Å². The number of carbonyl (C=O) groups is 2. The lowest BCUT2D eigenvalue weighted by atomic mass is 10.0. The molecule has 0 aliphatic heterocycles. The van der Waals surface area contributed by atoms with Gasteiger partial charge in [-0.3, -0.25) is 9.59 Å². The van der Waals surface area contributed by atoms with E-state index in [1.165, 1.54) is 141 Å². The van der Waals surface area contributed by atoms with Crippen molar-refractivity contribution in [1.82, 2.24) is 0 Å². The van der Waals surface area contributed by atoms with Crippen LogP contribution in [0.15, 0.2) is 134 Å². The number of hydrogen-bond acceptors (Lipinski definition) is 5. The molecule has 0 radical (unpaired) electrons. The molecule has 0 aliphatic carbocycles. The number of aliphatic hydroxyl groups is 1. The number of rotatable bonds is 55. The Morgan fingerprint density at radius 2 is 0.581 bits per heavy atom. The van der Waals surface area contributed by atoms with Gasteiger partial charge in [0.2, 0.25) is 0 Å². The number of hydrogen-bond donors (Lipinski definition) is 1. The monoisotopic (exact) mass is 1020 g/mol. The minimum Gasteiger partial charge on any atom is -0.462 e. The topological polar surface area (TPSA) is 72.8 Å². The normalized spacial score (nSPS) is 13.2. The fraction of sp³-hybridized carbons (Fsp3) is 0.652. The standard InChI is InChI=1S/C69H114O5/c1-3-5-7-9-11-13-15-17-19-21-23-25-27-29-31-32-33-34-35-36-38-40-42-44-46-48-50-52-54-56-58-60-62-64-69(72)74-67(65-70)66-73-68(71)63-61-59-57-55-53-51-49-47-45-43-41-39-37-30-28-26-24-22-20-18-16-14-12-10-8-6-4-2/h5,7,11,13,17,19,22-25,29,31,33-34,36,38,42,44,48,50,54,56,67,70H,3-4,6,8-10,12,14-16,18,20-21,26-28,30,32,35,37,39-41,43,45-47,49,51-53,55,57-66H2,1-2H3/b7-5-,13-11-,19-17-,24-22-,25-23-,31-29-,34-33-,38-36-,44-42-,50-48-,56-54-. The molecule has 0 fully saturated rings. The average Bonchev–Trinajstić information content (AvgIpc) is 3.40. The molecule has 0 aliphatic rings. The first-order chi connectivity index (χ1) is 36.6. The minimum absolute atomic E-state index is 0.0901. The van der Waals surface area contributed by atoms with Crippen molar-refractivity contribution >= 4 is 11.9 Å². The first kappa shape index (κ1) is 70.0. The van der Waals surface area contributed by atoms with Crippen LogP contribution < -0.4 is 0 Å². The maximum Gasteiger partial charge on any atom is 0.306 e. The quantitative estimate of drug-likeness (QED) is 0.0373. The second-order valence-corrected chi connectivity index (χ2v) is 20.0. The van der Waals surface area contributed by atoms with Crippen LogP contribution in [0.2, 0.25) is 0 Å². The minimum atomic E-state index is -0.805. The van der Waals surface area contributed by atoms with Crippen LogP contribution in [0.5, 0.6) is 0 Å². The van der Waals surface area contributed by atoms with Crippen molar-refractivity contribution in [3.05, 3.63) is 134 Å². The van der Waals surface area contributed by atoms with Gasteiger partial charge in [0.05, 0.1) is 6.61 Å². The molecule has 420 valence electrons. The van der Waals surface area contributed by atoms with Crippen LogP contribution in [-0.4, -0.2) is 36.4 Å². The van der Waals surface area contributed by atoms with E-state index in [9.17, 15) is 14.7 Å². The Morgan fingerprint density at radius 1 is 0.324 bits per heavy atom. The molecule has 5 heteroatoms. The molecule has 0 saturated carbocycles. The highest BCUT2D eigenvalue weighted by atomic mass is 16.6. The van der Waals surface area contributed by atoms with Gasteiger partial charge in [-0.1, -0.05) is 276 Å². The first-order valence-corrected chi connectivity index (χ1v) is 30.7. The second kappa shape index (κ2) is 63.3. The molecule has 0 rings (SSSR count). The van der Waals surface area contributed by atoms with Crippen LogP contribution in [0.1, 0.15) is 271 Å². The van der Waals surface area contributed by atoms with Gasteiger partial charge in [0.15, 0.2) is 6.10 Å². The van der Waals surface area contributed by atoms with Gasteiger partial charge in [0.1, 0.15) is 6.61 Å². The Hall–Kier alpha value is -3.96. The van der Waals surface area contributed by atoms with E-state index in [1.807, 2.05) is 0 Å². The van der Waals surface area contributed by atoms with Crippen molar-refractivity contribution < 1.29 is 24.2 Å². The van der Waals surface area contributed by atoms with Crippen molar-refractivity contribution in [3.63, 3.8) is 0 Å². The lowest BCUT2D eigenvalue weighted by Crippen LogP contribution is -2.28. The highest BCUT2D eigenvalue weighted by Gasteiger charge is 2.16. The van der Waals surface area contributed by atoms with Crippen LogP contribution >= 0.6 is 0 Å². The molecule has 1 unspecified atom stereocenters. The Kier molecular flexibility index (Phi) is 59.9. The van der Waals surface area contributed by atoms with Gasteiger partial charge in [-0.25, -0.2) is 0 Å². The molecular formula is C69H114O5. The summed E-state index contributed by atoms with van der Waals surface area (Å²) in [6.45, 7) is 4.00. The molecule has 0 aromatic rings. The van der Waals surface area contributed by atoms with E-state index in [0.29, 0.717) is 12.8 Å². The Bertz CT molecular complexity index is 1530. The fourth-order valence-electron chi connectivity index (χ4n) is 8.34. The summed E-state index contributed by atoms with van der Waals surface area (Å²) >= 11 is 0. The molecule has 0 aromatic heterocycles. The molecule has 0 heterocycles. The Balaban J connectivity index is 3.62. The number of aliphatic hydroxyl groups excluding tert-OH is 1. The summed E-state index contributed by atoms with van der Waals surface area (Å²) in [4.78, 5) is 24.6. The van der Waals surface area contributed by atoms with Crippen LogP contribution in [-0.2, 0) is 19.1 Å². The van der Waals surface area contributed by atoms with Crippen LogP contribution in [0.25, 0.3) is 0 Å². The van der Waals surface area contributed by atoms with Gasteiger partial charge in [0, 0.05) is 12.8 Å². The largest absolute Gasteiger partial charge is 0.462 e. The number of carbonyl (C=O) groups excluding carboxylic acids is 2. The zero-order valence-electron chi connectivity index (χ0n) is 48.1. The summed E-state index contributed by atoms with van der Waals surface area (Å²) in [5.74, 6) is -0.643. The highest BCUT2D eigenvalue weighted by Crippen LogP contribution is 2.16. The van der Waals surface area contributed by atoms with E-state index in [4.69, 9.17) is 9.47 Å². The summed E-state index contributed by atoms with van der Waals surface area (Å²) < 4.78 is 10.7. The van der Waals surface area contributed by atoms with Crippen molar-refractivity contribution in [3.8, 4) is 0 Å². The van der Waals surface area contributed by atoms with E-state index in [1.54, 1.807) is 0 Å². The number of esters is 2. The molecule has 0 amide bonds. The summed E-state index contributed by atoms with van der Waals surface area (Å²) in [5.41, 5.74) is 0. The van der Waals surface area contributed by atoms with Crippen LogP contribution in [0, 0.1) is 0 Å². The third-order valence-electron chi connectivity index (χ3n) is 12.9. The average molecular weight is 1020 g/mol. The van der Waals surface area contributed by atoms with Crippen LogP contribution in [0.3, 0.4) is 0 Å². The number of ether oxygens (including phenoxy) is 2. The maximum absolute atomic E-state index is 12.3. The molecule has 5 nitrogen and oxygen atoms in total. The van der Waals surface area contributed by atoms with Crippen molar-refractivity contribution in [2.75, 3.05) is 13.2 Å². The van der Waals surface area contributed by atoms with E-state index < -0.39 is 6.10 Å². The van der Waals surface area contributed by atoms with E-state index in [2.05, 4.69) is 148 Å². The van der Waals surface area contributed by atoms with E-state index in [-0.39, 0.29) is 25.2 Å². The Labute approximate surface area is 457 Å². The van der Waals surface area contributed by atoms with Crippen LogP contribution in [0.4, 0.5) is 0 Å². The van der Waals surface area contributed by atoms with Crippen molar-refractivity contribution in [2.45, 2.75) is 277 Å². The summed E-state index contributed by atoms with van der Waals surface area (Å²) in [5, 5.41) is 9.66. The smallest absolute Gasteiger partial charge is 0.306 e. The Morgan fingerprint density at radius 3 is 0.919 bits per heavy atom. The van der Waals surface area contributed by atoms with Gasteiger partial charge in [-0.05, 0) is 116 Å². The van der Waals surface area contributed by atoms with E-state index in [0.717, 1.165) is 103 Å². The van der Waals surface area contributed by atoms with Gasteiger partial charge in [-0.2, -0.15) is 0 Å². The molecule has 0 saturated heterocycles. The van der Waals surface area contributed by atoms with Gasteiger partial charge < -0.3 is 14.6 Å². The number of unbranched alkanes of at least 4 members (excludes halogenated alkanes) is 25. The van der Waals surface area contributed by atoms with Crippen molar-refractivity contribution in [1.29, 1.82) is 0 Å². The zero-order chi connectivity index (χ0) is 53.4.